The Morgan fingerprint density at radius 1 is 1.03 bits per heavy atom. The molecule has 7 heteroatoms. The highest BCUT2D eigenvalue weighted by Crippen LogP contribution is 2.34. The summed E-state index contributed by atoms with van der Waals surface area (Å²) < 4.78 is 6.80. The molecule has 0 N–H and O–H groups in total. The number of benzene rings is 3. The van der Waals surface area contributed by atoms with Gasteiger partial charge in [0.05, 0.1) is 21.8 Å². The van der Waals surface area contributed by atoms with Gasteiger partial charge in [-0.05, 0) is 48.7 Å². The number of halogens is 2. The summed E-state index contributed by atoms with van der Waals surface area (Å²) in [6.45, 7) is 4.32. The van der Waals surface area contributed by atoms with Crippen molar-refractivity contribution in [2.24, 2.45) is 0 Å². The zero-order valence-electron chi connectivity index (χ0n) is 17.1. The molecule has 0 aliphatic rings. The zero-order valence-corrected chi connectivity index (χ0v) is 19.4. The maximum absolute atomic E-state index is 13.2. The number of carbonyl (C=O) groups excluding carboxylic acids is 1. The van der Waals surface area contributed by atoms with Gasteiger partial charge in [-0.25, -0.2) is 4.98 Å². The lowest BCUT2D eigenvalue weighted by atomic mass is 10.1. The largest absolute Gasteiger partial charge is 0.482 e. The summed E-state index contributed by atoms with van der Waals surface area (Å²) in [5, 5.41) is 1.52. The van der Waals surface area contributed by atoms with Gasteiger partial charge in [0.2, 0.25) is 0 Å². The maximum Gasteiger partial charge on any atom is 0.267 e. The average Bonchev–Trinajstić information content (AvgIpc) is 3.21. The van der Waals surface area contributed by atoms with Gasteiger partial charge in [0, 0.05) is 5.02 Å². The second kappa shape index (κ2) is 9.27. The minimum absolute atomic E-state index is 0.165. The molecule has 0 unspecified atom stereocenters. The summed E-state index contributed by atoms with van der Waals surface area (Å²) in [5.74, 6) is 0.208. The molecule has 31 heavy (non-hydrogen) atoms. The first kappa shape index (κ1) is 21.6. The summed E-state index contributed by atoms with van der Waals surface area (Å²) in [5.41, 5.74) is 4.15. The monoisotopic (exact) mass is 470 g/mol. The molecule has 0 radical (unpaired) electrons. The molecule has 0 saturated carbocycles. The molecule has 0 aliphatic heterocycles. The SMILES string of the molecule is Cc1ccc(C)c2sc(N(Cc3ccccc3)C(=O)COc3ccc(Cl)cc3Cl)nc12. The molecule has 158 valence electrons. The topological polar surface area (TPSA) is 42.4 Å². The number of nitrogens with zero attached hydrogens (tertiary/aromatic N) is 2. The fraction of sp³-hybridized carbons (Fsp3) is 0.167. The van der Waals surface area contributed by atoms with E-state index in [1.54, 1.807) is 23.1 Å². The summed E-state index contributed by atoms with van der Waals surface area (Å²) >= 11 is 13.6. The van der Waals surface area contributed by atoms with E-state index in [-0.39, 0.29) is 12.5 Å². The summed E-state index contributed by atoms with van der Waals surface area (Å²) in [6.07, 6.45) is 0. The first-order valence-electron chi connectivity index (χ1n) is 9.71. The number of amides is 1. The molecule has 0 aliphatic carbocycles. The molecule has 0 fully saturated rings. The first-order chi connectivity index (χ1) is 14.9. The molecule has 0 bridgehead atoms. The third-order valence-electron chi connectivity index (χ3n) is 4.89. The van der Waals surface area contributed by atoms with Crippen molar-refractivity contribution in [3.8, 4) is 5.75 Å². The quantitative estimate of drug-likeness (QED) is 0.310. The van der Waals surface area contributed by atoms with E-state index in [0.29, 0.717) is 27.5 Å². The van der Waals surface area contributed by atoms with Crippen molar-refractivity contribution in [2.45, 2.75) is 20.4 Å². The van der Waals surface area contributed by atoms with Gasteiger partial charge in [-0.1, -0.05) is 77.0 Å². The van der Waals surface area contributed by atoms with E-state index in [9.17, 15) is 4.79 Å². The summed E-state index contributed by atoms with van der Waals surface area (Å²) in [7, 11) is 0. The Labute approximate surface area is 195 Å². The summed E-state index contributed by atoms with van der Waals surface area (Å²) in [6, 6.07) is 18.9. The lowest BCUT2D eigenvalue weighted by molar-refractivity contribution is -0.120. The second-order valence-electron chi connectivity index (χ2n) is 7.20. The van der Waals surface area contributed by atoms with Gasteiger partial charge in [-0.3, -0.25) is 9.69 Å². The van der Waals surface area contributed by atoms with E-state index < -0.39 is 0 Å². The molecule has 0 saturated heterocycles. The number of hydrogen-bond donors (Lipinski definition) is 0. The van der Waals surface area contributed by atoms with E-state index >= 15 is 0 Å². The van der Waals surface area contributed by atoms with Crippen molar-refractivity contribution in [1.82, 2.24) is 4.98 Å². The number of fused-ring (bicyclic) bond motifs is 1. The average molecular weight is 471 g/mol. The molecule has 4 aromatic rings. The highest BCUT2D eigenvalue weighted by Gasteiger charge is 2.22. The standard InChI is InChI=1S/C24H20Cl2N2O2S/c1-15-8-9-16(2)23-22(15)27-24(31-23)28(13-17-6-4-3-5-7-17)21(29)14-30-20-11-10-18(25)12-19(20)26/h3-12H,13-14H2,1-2H3. The van der Waals surface area contributed by atoms with Gasteiger partial charge in [0.25, 0.3) is 5.91 Å². The first-order valence-corrected chi connectivity index (χ1v) is 11.3. The number of rotatable bonds is 6. The van der Waals surface area contributed by atoms with Crippen LogP contribution in [0.1, 0.15) is 16.7 Å². The Hall–Kier alpha value is -2.60. The van der Waals surface area contributed by atoms with E-state index in [0.717, 1.165) is 26.9 Å². The van der Waals surface area contributed by atoms with Crippen molar-refractivity contribution in [3.05, 3.63) is 87.4 Å². The summed E-state index contributed by atoms with van der Waals surface area (Å²) in [4.78, 5) is 19.7. The van der Waals surface area contributed by atoms with Crippen LogP contribution < -0.4 is 9.64 Å². The van der Waals surface area contributed by atoms with Crippen LogP contribution in [-0.2, 0) is 11.3 Å². The van der Waals surface area contributed by atoms with Crippen LogP contribution in [0.4, 0.5) is 5.13 Å². The van der Waals surface area contributed by atoms with Crippen LogP contribution in [0.15, 0.2) is 60.7 Å². The molecule has 4 nitrogen and oxygen atoms in total. The molecule has 4 rings (SSSR count). The molecule has 3 aromatic carbocycles. The van der Waals surface area contributed by atoms with Crippen LogP contribution in [0.25, 0.3) is 10.2 Å². The lowest BCUT2D eigenvalue weighted by Gasteiger charge is -2.20. The molecule has 1 amide bonds. The molecule has 1 heterocycles. The minimum Gasteiger partial charge on any atom is -0.482 e. The van der Waals surface area contributed by atoms with Crippen LogP contribution in [-0.4, -0.2) is 17.5 Å². The minimum atomic E-state index is -0.204. The molecular formula is C24H20Cl2N2O2S. The van der Waals surface area contributed by atoms with E-state index in [1.165, 1.54) is 11.3 Å². The fourth-order valence-electron chi connectivity index (χ4n) is 3.20. The highest BCUT2D eigenvalue weighted by atomic mass is 35.5. The fourth-order valence-corrected chi connectivity index (χ4v) is 4.79. The predicted molar refractivity (Wildman–Crippen MR) is 129 cm³/mol. The zero-order chi connectivity index (χ0) is 22.0. The van der Waals surface area contributed by atoms with Gasteiger partial charge in [0.15, 0.2) is 11.7 Å². The molecular weight excluding hydrogens is 451 g/mol. The Morgan fingerprint density at radius 3 is 2.48 bits per heavy atom. The van der Waals surface area contributed by atoms with Crippen molar-refractivity contribution in [2.75, 3.05) is 11.5 Å². The third kappa shape index (κ3) is 4.85. The van der Waals surface area contributed by atoms with Crippen molar-refractivity contribution < 1.29 is 9.53 Å². The second-order valence-corrected chi connectivity index (χ2v) is 9.02. The third-order valence-corrected chi connectivity index (χ3v) is 6.64. The normalized spacial score (nSPS) is 11.0. The van der Waals surface area contributed by atoms with Crippen molar-refractivity contribution >= 4 is 55.8 Å². The smallest absolute Gasteiger partial charge is 0.267 e. The van der Waals surface area contributed by atoms with Gasteiger partial charge in [-0.2, -0.15) is 0 Å². The van der Waals surface area contributed by atoms with Crippen LogP contribution in [0.2, 0.25) is 10.0 Å². The van der Waals surface area contributed by atoms with E-state index in [1.807, 2.05) is 37.3 Å². The highest BCUT2D eigenvalue weighted by molar-refractivity contribution is 7.22. The Balaban J connectivity index is 1.65. The van der Waals surface area contributed by atoms with Gasteiger partial charge in [0.1, 0.15) is 5.75 Å². The number of thiazole rings is 1. The van der Waals surface area contributed by atoms with Gasteiger partial charge < -0.3 is 4.74 Å². The van der Waals surface area contributed by atoms with E-state index in [2.05, 4.69) is 19.1 Å². The Morgan fingerprint density at radius 2 is 1.77 bits per heavy atom. The molecule has 1 aromatic heterocycles. The Bertz CT molecular complexity index is 1200. The molecule has 0 spiro atoms. The lowest BCUT2D eigenvalue weighted by Crippen LogP contribution is -2.34. The van der Waals surface area contributed by atoms with E-state index in [4.69, 9.17) is 32.9 Å². The van der Waals surface area contributed by atoms with Crippen LogP contribution in [0.5, 0.6) is 5.75 Å². The van der Waals surface area contributed by atoms with Crippen LogP contribution in [0.3, 0.4) is 0 Å². The Kier molecular flexibility index (Phi) is 6.46. The van der Waals surface area contributed by atoms with Gasteiger partial charge >= 0.3 is 0 Å². The van der Waals surface area contributed by atoms with Crippen molar-refractivity contribution in [3.63, 3.8) is 0 Å². The number of aryl methyl sites for hydroxylation is 2. The number of ether oxygens (including phenoxy) is 1. The van der Waals surface area contributed by atoms with Crippen LogP contribution in [0, 0.1) is 13.8 Å². The van der Waals surface area contributed by atoms with Crippen LogP contribution >= 0.6 is 34.5 Å². The number of carbonyl (C=O) groups is 1. The number of anilines is 1. The predicted octanol–water partition coefficient (Wildman–Crippen LogP) is 6.83. The number of hydrogen-bond acceptors (Lipinski definition) is 4. The number of aromatic nitrogens is 1. The van der Waals surface area contributed by atoms with Gasteiger partial charge in [-0.15, -0.1) is 0 Å². The molecule has 0 atom stereocenters. The maximum atomic E-state index is 13.2. The van der Waals surface area contributed by atoms with Crippen molar-refractivity contribution in [1.29, 1.82) is 0 Å².